The van der Waals surface area contributed by atoms with Gasteiger partial charge in [0.05, 0.1) is 107 Å². The van der Waals surface area contributed by atoms with Gasteiger partial charge in [-0.1, -0.05) is 302 Å². The van der Waals surface area contributed by atoms with Crippen molar-refractivity contribution in [3.05, 3.63) is 436 Å². The van der Waals surface area contributed by atoms with Crippen LogP contribution in [0.1, 0.15) is 133 Å². The normalized spacial score (nSPS) is 20.9. The number of fused-ring (bicyclic) bond motifs is 4. The number of carbonyl (C=O) groups is 8. The van der Waals surface area contributed by atoms with E-state index in [2.05, 4.69) is 40.5 Å². The lowest BCUT2D eigenvalue weighted by molar-refractivity contribution is -0.165. The lowest BCUT2D eigenvalue weighted by Crippen LogP contribution is -2.52. The third-order valence-electron chi connectivity index (χ3n) is 29.1. The summed E-state index contributed by atoms with van der Waals surface area (Å²) in [5.41, 5.74) is 15.1. The van der Waals surface area contributed by atoms with E-state index in [1.165, 1.54) is 0 Å². The first-order valence-electron chi connectivity index (χ1n) is 49.4. The predicted octanol–water partition coefficient (Wildman–Crippen LogP) is 21.8. The minimum atomic E-state index is -0.941. The molecule has 0 bridgehead atoms. The highest BCUT2D eigenvalue weighted by Gasteiger charge is 2.64. The van der Waals surface area contributed by atoms with E-state index in [-0.39, 0.29) is 18.5 Å². The smallest absolute Gasteiger partial charge is 0.315 e. The first kappa shape index (κ1) is 103. The van der Waals surface area contributed by atoms with Gasteiger partial charge in [0, 0.05) is 76.4 Å². The van der Waals surface area contributed by atoms with E-state index in [1.54, 1.807) is 67.4 Å². The highest BCUT2D eigenvalue weighted by molar-refractivity contribution is 5.94. The Balaban J connectivity index is 0.000000136. The van der Waals surface area contributed by atoms with Gasteiger partial charge in [0.2, 0.25) is 0 Å². The van der Waals surface area contributed by atoms with Crippen LogP contribution in [0.3, 0.4) is 0 Å². The quantitative estimate of drug-likeness (QED) is 0.0126. The van der Waals surface area contributed by atoms with E-state index >= 15 is 0 Å². The number of benzene rings is 14. The van der Waals surface area contributed by atoms with Crippen LogP contribution in [0.2, 0.25) is 0 Å². The summed E-state index contributed by atoms with van der Waals surface area (Å²) in [6.45, 7) is 9.88. The van der Waals surface area contributed by atoms with Crippen molar-refractivity contribution in [1.82, 2.24) is 15.0 Å². The number of nitrogens with zero attached hydrogens (tertiary/aromatic N) is 3. The molecule has 4 saturated carbocycles. The summed E-state index contributed by atoms with van der Waals surface area (Å²) in [5.74, 6) is -10.4. The van der Waals surface area contributed by atoms with E-state index in [9.17, 15) is 58.8 Å². The lowest BCUT2D eigenvalue weighted by atomic mass is 9.52. The summed E-state index contributed by atoms with van der Waals surface area (Å²) in [5, 5.41) is 51.0. The van der Waals surface area contributed by atoms with Crippen molar-refractivity contribution < 1.29 is 101 Å². The van der Waals surface area contributed by atoms with Crippen molar-refractivity contribution in [2.24, 2.45) is 47.3 Å². The molecule has 1 aromatic heterocycles. The Morgan fingerprint density at radius 3 is 1.11 bits per heavy atom. The fourth-order valence-electron chi connectivity index (χ4n) is 22.2. The summed E-state index contributed by atoms with van der Waals surface area (Å²) in [4.78, 5) is 105. The van der Waals surface area contributed by atoms with E-state index in [1.807, 2.05) is 312 Å². The van der Waals surface area contributed by atoms with Crippen molar-refractivity contribution >= 4 is 58.5 Å². The molecule has 4 N–H and O–H groups in total. The molecule has 0 amide bonds. The van der Waals surface area contributed by atoms with Crippen LogP contribution in [0.4, 0.5) is 0 Å². The second kappa shape index (κ2) is 47.9. The summed E-state index contributed by atoms with van der Waals surface area (Å²) >= 11 is 0. The molecule has 148 heavy (non-hydrogen) atoms. The predicted molar refractivity (Wildman–Crippen MR) is 558 cm³/mol. The third-order valence-corrected chi connectivity index (χ3v) is 29.1. The number of carboxylic acids is 4. The Morgan fingerprint density at radius 1 is 0.338 bits per heavy atom. The van der Waals surface area contributed by atoms with Crippen LogP contribution in [0, 0.1) is 73.5 Å². The van der Waals surface area contributed by atoms with Crippen LogP contribution in [0.5, 0.6) is 28.7 Å². The fourth-order valence-corrected chi connectivity index (χ4v) is 22.2. The molecule has 20 rings (SSSR count). The van der Waals surface area contributed by atoms with Crippen molar-refractivity contribution in [2.45, 2.75) is 80.6 Å². The molecule has 0 aliphatic heterocycles. The Bertz CT molecular complexity index is 7090. The second-order valence-electron chi connectivity index (χ2n) is 37.2. The molecular weight excluding hydrogens is 1870 g/mol. The number of hydrogen-bond acceptors (Lipinski definition) is 19. The largest absolute Gasteiger partial charge is 0.496 e. The molecule has 14 aromatic carbocycles. The Labute approximate surface area is 858 Å². The van der Waals surface area contributed by atoms with Gasteiger partial charge in [-0.2, -0.15) is 0 Å². The van der Waals surface area contributed by atoms with Crippen molar-refractivity contribution in [3.8, 4) is 63.5 Å². The van der Waals surface area contributed by atoms with E-state index in [4.69, 9.17) is 49.1 Å². The maximum absolute atomic E-state index is 14.0. The molecule has 24 nitrogen and oxygen atoms in total. The number of esters is 4. The highest BCUT2D eigenvalue weighted by atomic mass is 16.6. The molecule has 0 radical (unpaired) electrons. The first-order chi connectivity index (χ1) is 72.2. The van der Waals surface area contributed by atoms with Crippen LogP contribution in [0.25, 0.3) is 33.2 Å². The standard InChI is InChI=1S/C34H37N3O7.C34H30O5.C30H26O5.C26H20O4/c1-2-41-19-20-43-22-21-42-18-17-37-23-28(35-36-37)24-13-15-27(16-14-24)44-34(40)32-29(25-9-5-3-6-10-25)31(33(38)39)30(32)26-11-7-4-8-12-26;1-20-11-3-4-12-21(20)29-31(33(35)36)30(26-17-9-10-18-28(26)38-2)32(29)34(37)39-19-27-24-15-7-5-13-22(24)23-14-6-8-16-25(23)27;1-18-10-3-5-13-20(18)25-27(29(31)32)26(22-15-7-8-16-23(22)34-2)28(25)30(33)35-24-17-9-12-19-11-4-6-14-21(19)24;1-2-17-13-15-20(16-14-17)30-26(29)24-21(18-9-5-3-6-10-18)23(25(27)28)22(24)19-11-7-4-8-12-19/h3-16,23,29-32H,2,17-22H2,1H3,(H,38,39);3-18,27,29-32H,19H2,1-2H3,(H,35,36);3-17,25-28H,1-2H3,(H,31,32);1,3-16,21-24H,(H,27,28)/t29-,30-,31?,32?;29-,30-,31+,32+;25-,26-,27+,28+;21-,22-,23?,24?/m0000/s1. The zero-order valence-electron chi connectivity index (χ0n) is 82.3. The maximum atomic E-state index is 14.0. The third kappa shape index (κ3) is 22.2. The Hall–Kier alpha value is -16.7. The summed E-state index contributed by atoms with van der Waals surface area (Å²) in [7, 11) is 3.12. The summed E-state index contributed by atoms with van der Waals surface area (Å²) in [6.07, 6.45) is 7.21. The van der Waals surface area contributed by atoms with Crippen molar-refractivity contribution in [2.75, 3.05) is 60.5 Å². The molecule has 0 unspecified atom stereocenters. The Morgan fingerprint density at radius 2 is 0.682 bits per heavy atom. The molecule has 24 heteroatoms. The number of carbonyl (C=O) groups excluding carboxylic acids is 4. The maximum Gasteiger partial charge on any atom is 0.315 e. The van der Waals surface area contributed by atoms with E-state index in [0.717, 1.165) is 88.7 Å². The molecule has 0 spiro atoms. The van der Waals surface area contributed by atoms with Crippen LogP contribution >= 0.6 is 0 Å². The minimum absolute atomic E-state index is 0.0710. The number of carboxylic acid groups (broad SMARTS) is 4. The van der Waals surface area contributed by atoms with Crippen molar-refractivity contribution in [1.29, 1.82) is 0 Å². The molecule has 0 saturated heterocycles. The average Bonchev–Trinajstić information content (AvgIpc) is 1.36. The van der Waals surface area contributed by atoms with Gasteiger partial charge in [-0.05, 0) is 171 Å². The number of aryl methyl sites for hydroxylation is 2. The topological polar surface area (TPSA) is 331 Å². The number of terminal acetylenes is 1. The van der Waals surface area contributed by atoms with Gasteiger partial charge in [-0.15, -0.1) is 11.5 Å². The molecule has 12 atom stereocenters. The number of rotatable bonds is 34. The van der Waals surface area contributed by atoms with Crippen LogP contribution in [-0.4, -0.2) is 144 Å². The SMILES string of the molecule is C#Cc1ccc(OC(=O)C2[C@@H](c3ccccc3)C(C(=O)O)[C@@H]2c2ccccc2)cc1.CCOCCOCCOCCn1cc(-c2ccc(OC(=O)C3[C@@H](c4ccccc4)C(C(=O)O)[C@@H]3c3ccccc3)cc2)nn1.COc1ccccc1[C@H]1[C@H](C(=O)O)[C@H](c2ccccc2C)[C@H]1C(=O)OCC1c2ccccc2-c2ccccc21.COc1ccccc1[C@H]1[C@H](C(=O)O)[C@H](c2ccccc2C)[C@H]1C(=O)Oc1cccc2ccccc12. The van der Waals surface area contributed by atoms with Gasteiger partial charge < -0.3 is 63.1 Å². The van der Waals surface area contributed by atoms with Crippen molar-refractivity contribution in [3.63, 3.8) is 0 Å². The van der Waals surface area contributed by atoms with E-state index < -0.39 is 136 Å². The number of hydrogen-bond donors (Lipinski definition) is 4. The second-order valence-corrected chi connectivity index (χ2v) is 37.2. The average molecular weight is 1980 g/mol. The number of ether oxygens (including phenoxy) is 9. The number of methoxy groups -OCH3 is 2. The monoisotopic (exact) mass is 1980 g/mol. The highest BCUT2D eigenvalue weighted by Crippen LogP contribution is 2.64. The van der Waals surface area contributed by atoms with Gasteiger partial charge in [-0.25, -0.2) is 4.68 Å². The molecule has 750 valence electrons. The summed E-state index contributed by atoms with van der Waals surface area (Å²) < 4.78 is 52.7. The minimum Gasteiger partial charge on any atom is -0.496 e. The van der Waals surface area contributed by atoms with Gasteiger partial charge in [0.1, 0.15) is 41.0 Å². The van der Waals surface area contributed by atoms with E-state index in [0.29, 0.717) is 91.8 Å². The zero-order chi connectivity index (χ0) is 103. The van der Waals surface area contributed by atoms with Crippen LogP contribution in [-0.2, 0) is 63.8 Å². The van der Waals surface area contributed by atoms with Crippen LogP contribution < -0.4 is 23.7 Å². The molecule has 1 heterocycles. The molecule has 4 fully saturated rings. The molecule has 5 aliphatic carbocycles. The lowest BCUT2D eigenvalue weighted by Gasteiger charge is -2.49. The van der Waals surface area contributed by atoms with Gasteiger partial charge in [-0.3, -0.25) is 38.4 Å². The number of aromatic nitrogens is 3. The first-order valence-corrected chi connectivity index (χ1v) is 49.4. The van der Waals surface area contributed by atoms with Crippen LogP contribution in [0.15, 0.2) is 364 Å². The number of aliphatic carboxylic acids is 4. The molecular formula is C124H113N3O21. The van der Waals surface area contributed by atoms with Gasteiger partial charge in [0.15, 0.2) is 0 Å². The van der Waals surface area contributed by atoms with Gasteiger partial charge >= 0.3 is 47.8 Å². The number of para-hydroxylation sites is 2. The van der Waals surface area contributed by atoms with Gasteiger partial charge in [0.25, 0.3) is 0 Å². The summed E-state index contributed by atoms with van der Waals surface area (Å²) in [6, 6.07) is 111. The molecule has 15 aromatic rings. The molecule has 5 aliphatic rings. The Kier molecular flexibility index (Phi) is 33.2. The fraction of sp³-hybridized carbons (Fsp3) is 0.242. The zero-order valence-corrected chi connectivity index (χ0v) is 82.3.